The minimum atomic E-state index is -0.527. The fourth-order valence-electron chi connectivity index (χ4n) is 4.25. The van der Waals surface area contributed by atoms with E-state index in [-0.39, 0.29) is 24.5 Å². The van der Waals surface area contributed by atoms with Crippen LogP contribution in [0.3, 0.4) is 0 Å². The molecule has 7 heteroatoms. The summed E-state index contributed by atoms with van der Waals surface area (Å²) in [6, 6.07) is 14.8. The summed E-state index contributed by atoms with van der Waals surface area (Å²) in [7, 11) is 0. The van der Waals surface area contributed by atoms with E-state index in [1.54, 1.807) is 23.1 Å². The molecule has 0 aromatic heterocycles. The van der Waals surface area contributed by atoms with Crippen LogP contribution in [0.4, 0.5) is 0 Å². The summed E-state index contributed by atoms with van der Waals surface area (Å²) in [6.07, 6.45) is 6.74. The third-order valence-electron chi connectivity index (χ3n) is 6.07. The molecule has 1 saturated carbocycles. The lowest BCUT2D eigenvalue weighted by molar-refractivity contribution is -0.142. The second kappa shape index (κ2) is 13.0. The van der Waals surface area contributed by atoms with Crippen molar-refractivity contribution in [2.75, 3.05) is 13.2 Å². The molecule has 0 unspecified atom stereocenters. The van der Waals surface area contributed by atoms with E-state index >= 15 is 0 Å². The number of nitrogens with zero attached hydrogens (tertiary/aromatic N) is 1. The Hall–Kier alpha value is -2.05. The Morgan fingerprint density at radius 2 is 1.88 bits per heavy atom. The summed E-state index contributed by atoms with van der Waals surface area (Å²) < 4.78 is 6.46. The van der Waals surface area contributed by atoms with Gasteiger partial charge in [-0.15, -0.1) is 0 Å². The standard InChI is InChI=1S/C26H32BrClN2O3/c1-2-23(26(32)29-21-11-7-4-8-12-21)30(16-15-19-9-5-3-6-10-19)25(31)18-33-24-14-13-20(28)17-22(24)27/h3,5-6,9-10,13-14,17,21,23H,2,4,7-8,11-12,15-16,18H2,1H3,(H,29,32)/t23-/m0/s1. The molecule has 0 heterocycles. The average Bonchev–Trinajstić information content (AvgIpc) is 2.82. The van der Waals surface area contributed by atoms with Crippen LogP contribution in [0.5, 0.6) is 5.75 Å². The normalized spacial score (nSPS) is 15.0. The molecule has 2 aromatic carbocycles. The van der Waals surface area contributed by atoms with Crippen LogP contribution in [0, 0.1) is 0 Å². The molecule has 178 valence electrons. The molecule has 0 radical (unpaired) electrons. The van der Waals surface area contributed by atoms with Crippen molar-refractivity contribution in [3.63, 3.8) is 0 Å². The zero-order valence-corrected chi connectivity index (χ0v) is 21.4. The number of benzene rings is 2. The van der Waals surface area contributed by atoms with Gasteiger partial charge in [-0.2, -0.15) is 0 Å². The van der Waals surface area contributed by atoms with Gasteiger partial charge in [0.15, 0.2) is 6.61 Å². The highest BCUT2D eigenvalue weighted by Crippen LogP contribution is 2.28. The minimum absolute atomic E-state index is 0.0708. The third kappa shape index (κ3) is 7.75. The number of ether oxygens (including phenoxy) is 1. The van der Waals surface area contributed by atoms with Gasteiger partial charge in [-0.05, 0) is 65.4 Å². The van der Waals surface area contributed by atoms with Crippen molar-refractivity contribution in [3.05, 3.63) is 63.6 Å². The first kappa shape index (κ1) is 25.6. The summed E-state index contributed by atoms with van der Waals surface area (Å²) in [6.45, 7) is 2.25. The first-order valence-corrected chi connectivity index (χ1v) is 12.9. The molecule has 1 aliphatic rings. The van der Waals surface area contributed by atoms with Crippen LogP contribution < -0.4 is 10.1 Å². The predicted molar refractivity (Wildman–Crippen MR) is 136 cm³/mol. The fourth-order valence-corrected chi connectivity index (χ4v) is 5.05. The molecule has 0 spiro atoms. The largest absolute Gasteiger partial charge is 0.483 e. The number of nitrogens with one attached hydrogen (secondary N) is 1. The maximum absolute atomic E-state index is 13.3. The van der Waals surface area contributed by atoms with Crippen LogP contribution in [-0.4, -0.2) is 41.9 Å². The second-order valence-corrected chi connectivity index (χ2v) is 9.74. The molecule has 2 aromatic rings. The van der Waals surface area contributed by atoms with Gasteiger partial charge in [0.1, 0.15) is 11.8 Å². The van der Waals surface area contributed by atoms with Gasteiger partial charge in [-0.3, -0.25) is 9.59 Å². The summed E-state index contributed by atoms with van der Waals surface area (Å²) in [5.74, 6) is 0.257. The highest BCUT2D eigenvalue weighted by molar-refractivity contribution is 9.10. The monoisotopic (exact) mass is 534 g/mol. The van der Waals surface area contributed by atoms with E-state index in [4.69, 9.17) is 16.3 Å². The van der Waals surface area contributed by atoms with Gasteiger partial charge in [-0.1, -0.05) is 68.1 Å². The summed E-state index contributed by atoms with van der Waals surface area (Å²) >= 11 is 9.42. The Kier molecular flexibility index (Phi) is 10.1. The smallest absolute Gasteiger partial charge is 0.261 e. The van der Waals surface area contributed by atoms with Crippen LogP contribution in [0.25, 0.3) is 0 Å². The average molecular weight is 536 g/mol. The number of rotatable bonds is 10. The molecule has 0 bridgehead atoms. The summed E-state index contributed by atoms with van der Waals surface area (Å²) in [5, 5.41) is 3.78. The Labute approximate surface area is 210 Å². The van der Waals surface area contributed by atoms with Gasteiger partial charge >= 0.3 is 0 Å². The van der Waals surface area contributed by atoms with Gasteiger partial charge in [0.25, 0.3) is 5.91 Å². The molecule has 0 saturated heterocycles. The van der Waals surface area contributed by atoms with Gasteiger partial charge in [0, 0.05) is 17.6 Å². The molecule has 1 aliphatic carbocycles. The van der Waals surface area contributed by atoms with Crippen molar-refractivity contribution in [2.24, 2.45) is 0 Å². The van der Waals surface area contributed by atoms with Crippen LogP contribution in [0.2, 0.25) is 5.02 Å². The Bertz CT molecular complexity index is 919. The van der Waals surface area contributed by atoms with Crippen LogP contribution in [0.1, 0.15) is 51.0 Å². The van der Waals surface area contributed by atoms with Crippen molar-refractivity contribution in [1.29, 1.82) is 0 Å². The van der Waals surface area contributed by atoms with Crippen molar-refractivity contribution in [3.8, 4) is 5.75 Å². The SMILES string of the molecule is CC[C@@H](C(=O)NC1CCCCC1)N(CCc1ccccc1)C(=O)COc1ccc(Cl)cc1Br. The van der Waals surface area contributed by atoms with E-state index < -0.39 is 6.04 Å². The lowest BCUT2D eigenvalue weighted by Crippen LogP contribution is -2.53. The van der Waals surface area contributed by atoms with Gasteiger partial charge in [0.2, 0.25) is 5.91 Å². The first-order chi connectivity index (χ1) is 16.0. The van der Waals surface area contributed by atoms with Crippen molar-refractivity contribution in [2.45, 2.75) is 64.0 Å². The lowest BCUT2D eigenvalue weighted by Gasteiger charge is -2.32. The third-order valence-corrected chi connectivity index (χ3v) is 6.92. The topological polar surface area (TPSA) is 58.6 Å². The number of carbonyl (C=O) groups is 2. The molecular formula is C26H32BrClN2O3. The molecule has 1 atom stereocenters. The molecule has 5 nitrogen and oxygen atoms in total. The lowest BCUT2D eigenvalue weighted by atomic mass is 9.95. The van der Waals surface area contributed by atoms with Gasteiger partial charge in [-0.25, -0.2) is 0 Å². The molecule has 0 aliphatic heterocycles. The molecule has 1 fully saturated rings. The van der Waals surface area contributed by atoms with E-state index in [0.717, 1.165) is 31.2 Å². The summed E-state index contributed by atoms with van der Waals surface area (Å²) in [5.41, 5.74) is 1.12. The van der Waals surface area contributed by atoms with Gasteiger partial charge < -0.3 is 15.0 Å². The zero-order valence-electron chi connectivity index (χ0n) is 19.1. The quantitative estimate of drug-likeness (QED) is 0.419. The van der Waals surface area contributed by atoms with E-state index in [2.05, 4.69) is 21.2 Å². The molecule has 3 rings (SSSR count). The van der Waals surface area contributed by atoms with Crippen LogP contribution in [0.15, 0.2) is 53.0 Å². The van der Waals surface area contributed by atoms with E-state index in [1.807, 2.05) is 37.3 Å². The maximum atomic E-state index is 13.3. The molecular weight excluding hydrogens is 504 g/mol. The molecule has 33 heavy (non-hydrogen) atoms. The number of hydrogen-bond donors (Lipinski definition) is 1. The Morgan fingerprint density at radius 1 is 1.15 bits per heavy atom. The number of halogens is 2. The zero-order chi connectivity index (χ0) is 23.6. The second-order valence-electron chi connectivity index (χ2n) is 8.45. The van der Waals surface area contributed by atoms with Crippen molar-refractivity contribution < 1.29 is 14.3 Å². The van der Waals surface area contributed by atoms with Crippen molar-refractivity contribution in [1.82, 2.24) is 10.2 Å². The molecule has 1 N–H and O–H groups in total. The van der Waals surface area contributed by atoms with Gasteiger partial charge in [0.05, 0.1) is 4.47 Å². The highest BCUT2D eigenvalue weighted by atomic mass is 79.9. The molecule has 2 amide bonds. The van der Waals surface area contributed by atoms with E-state index in [0.29, 0.717) is 34.6 Å². The predicted octanol–water partition coefficient (Wildman–Crippen LogP) is 5.78. The Balaban J connectivity index is 1.71. The van der Waals surface area contributed by atoms with Crippen LogP contribution >= 0.6 is 27.5 Å². The number of hydrogen-bond acceptors (Lipinski definition) is 3. The van der Waals surface area contributed by atoms with Crippen molar-refractivity contribution >= 4 is 39.3 Å². The highest BCUT2D eigenvalue weighted by Gasteiger charge is 2.30. The van der Waals surface area contributed by atoms with Crippen LogP contribution in [-0.2, 0) is 16.0 Å². The minimum Gasteiger partial charge on any atom is -0.483 e. The Morgan fingerprint density at radius 3 is 2.55 bits per heavy atom. The number of carbonyl (C=O) groups excluding carboxylic acids is 2. The maximum Gasteiger partial charge on any atom is 0.261 e. The van der Waals surface area contributed by atoms with E-state index in [9.17, 15) is 9.59 Å². The first-order valence-electron chi connectivity index (χ1n) is 11.7. The number of amides is 2. The fraction of sp³-hybridized carbons (Fsp3) is 0.462. The summed E-state index contributed by atoms with van der Waals surface area (Å²) in [4.78, 5) is 28.2. The van der Waals surface area contributed by atoms with E-state index in [1.165, 1.54) is 6.42 Å².